The molecule has 0 atom stereocenters. The number of carbonyl (C=O) groups is 2. The van der Waals surface area contributed by atoms with Crippen molar-refractivity contribution in [1.82, 2.24) is 19.7 Å². The Kier molecular flexibility index (Phi) is 5.62. The number of nitrogens with zero attached hydrogens (tertiary/aromatic N) is 4. The van der Waals surface area contributed by atoms with Gasteiger partial charge in [-0.2, -0.15) is 5.10 Å². The van der Waals surface area contributed by atoms with Gasteiger partial charge < -0.3 is 15.5 Å². The predicted molar refractivity (Wildman–Crippen MR) is 143 cm³/mol. The maximum Gasteiger partial charge on any atom is 0.287 e. The summed E-state index contributed by atoms with van der Waals surface area (Å²) in [6.07, 6.45) is 5.31. The molecule has 1 aliphatic heterocycles. The van der Waals surface area contributed by atoms with E-state index in [1.54, 1.807) is 33.4 Å². The van der Waals surface area contributed by atoms with Crippen molar-refractivity contribution in [3.63, 3.8) is 0 Å². The van der Waals surface area contributed by atoms with Crippen LogP contribution < -0.4 is 10.6 Å². The second-order valence-electron chi connectivity index (χ2n) is 9.05. The molecule has 1 aliphatic rings. The van der Waals surface area contributed by atoms with Crippen molar-refractivity contribution in [3.05, 3.63) is 76.5 Å². The number of hydrogen-bond acceptors (Lipinski definition) is 6. The summed E-state index contributed by atoms with van der Waals surface area (Å²) in [5.74, 6) is -0.648. The van der Waals surface area contributed by atoms with E-state index in [2.05, 4.69) is 15.1 Å². The molecule has 6 rings (SSSR count). The fourth-order valence-corrected chi connectivity index (χ4v) is 5.40. The first-order valence-corrected chi connectivity index (χ1v) is 12.7. The van der Waals surface area contributed by atoms with E-state index in [1.807, 2.05) is 50.5 Å². The lowest BCUT2D eigenvalue weighted by Crippen LogP contribution is -2.52. The number of H-pyrrole nitrogens is 1. The van der Waals surface area contributed by atoms with Gasteiger partial charge in [0.05, 0.1) is 36.5 Å². The Hall–Kier alpha value is -4.28. The second kappa shape index (κ2) is 8.99. The van der Waals surface area contributed by atoms with Crippen LogP contribution >= 0.6 is 11.3 Å². The Labute approximate surface area is 216 Å². The maximum atomic E-state index is 13.5. The highest BCUT2D eigenvalue weighted by Crippen LogP contribution is 2.39. The van der Waals surface area contributed by atoms with E-state index in [0.29, 0.717) is 29.3 Å². The van der Waals surface area contributed by atoms with Gasteiger partial charge in [-0.05, 0) is 41.8 Å². The third kappa shape index (κ3) is 3.90. The van der Waals surface area contributed by atoms with Gasteiger partial charge in [0.15, 0.2) is 5.01 Å². The average Bonchev–Trinajstić information content (AvgIpc) is 3.61. The van der Waals surface area contributed by atoms with Crippen LogP contribution in [0.5, 0.6) is 0 Å². The van der Waals surface area contributed by atoms with Crippen LogP contribution in [0.1, 0.15) is 25.7 Å². The number of fused-ring (bicyclic) bond motifs is 1. The number of aromatic nitrogens is 4. The zero-order valence-corrected chi connectivity index (χ0v) is 21.1. The average molecular weight is 513 g/mol. The van der Waals surface area contributed by atoms with Crippen LogP contribution in [0.4, 0.5) is 5.69 Å². The summed E-state index contributed by atoms with van der Waals surface area (Å²) in [4.78, 5) is 35.2. The Morgan fingerprint density at radius 2 is 2.05 bits per heavy atom. The first kappa shape index (κ1) is 23.1. The number of nitrogens with two attached hydrogens (primary N) is 1. The molecule has 3 aromatic heterocycles. The van der Waals surface area contributed by atoms with Gasteiger partial charge in [0.25, 0.3) is 11.8 Å². The number of nitrogens with one attached hydrogen (secondary N) is 1. The lowest BCUT2D eigenvalue weighted by Gasteiger charge is -2.38. The van der Waals surface area contributed by atoms with Gasteiger partial charge in [0, 0.05) is 47.2 Å². The molecule has 10 heteroatoms. The number of amides is 2. The third-order valence-electron chi connectivity index (χ3n) is 6.75. The summed E-state index contributed by atoms with van der Waals surface area (Å²) >= 11 is 1.32. The molecule has 4 heterocycles. The highest BCUT2D eigenvalue weighted by molar-refractivity contribution is 7.11. The minimum atomic E-state index is -0.508. The zero-order chi connectivity index (χ0) is 25.7. The topological polar surface area (TPSA) is 119 Å². The van der Waals surface area contributed by atoms with Crippen LogP contribution in [-0.4, -0.2) is 50.8 Å². The normalized spacial score (nSPS) is 13.6. The molecule has 0 spiro atoms. The van der Waals surface area contributed by atoms with Crippen molar-refractivity contribution < 1.29 is 14.3 Å². The van der Waals surface area contributed by atoms with Gasteiger partial charge in [-0.15, -0.1) is 11.3 Å². The number of hydrogen-bond donors (Lipinski definition) is 2. The first-order chi connectivity index (χ1) is 17.9. The quantitative estimate of drug-likeness (QED) is 0.354. The smallest absolute Gasteiger partial charge is 0.287 e. The van der Waals surface area contributed by atoms with Gasteiger partial charge in [-0.25, -0.2) is 4.98 Å². The molecule has 2 amide bonds. The highest BCUT2D eigenvalue weighted by atomic mass is 32.1. The summed E-state index contributed by atoms with van der Waals surface area (Å²) in [5.41, 5.74) is 12.1. The largest absolute Gasteiger partial charge is 0.377 e. The van der Waals surface area contributed by atoms with Crippen LogP contribution in [-0.2, 0) is 11.8 Å². The molecule has 0 saturated carbocycles. The lowest BCUT2D eigenvalue weighted by molar-refractivity contribution is 0.00830. The molecule has 0 aliphatic carbocycles. The van der Waals surface area contributed by atoms with E-state index in [9.17, 15) is 9.59 Å². The summed E-state index contributed by atoms with van der Waals surface area (Å²) in [6, 6.07) is 11.5. The van der Waals surface area contributed by atoms with Crippen molar-refractivity contribution >= 4 is 39.7 Å². The fraction of sp³-hybridized carbons (Fsp3) is 0.185. The maximum absolute atomic E-state index is 13.5. The number of carbonyl (C=O) groups excluding carboxylic acids is 2. The fourth-order valence-electron chi connectivity index (χ4n) is 4.83. The molecule has 186 valence electrons. The number of anilines is 1. The van der Waals surface area contributed by atoms with Crippen LogP contribution in [0, 0.1) is 6.92 Å². The van der Waals surface area contributed by atoms with E-state index >= 15 is 0 Å². The molecule has 37 heavy (non-hydrogen) atoms. The molecule has 9 nitrogen and oxygen atoms in total. The summed E-state index contributed by atoms with van der Waals surface area (Å²) in [5, 5.41) is 7.37. The molecule has 1 saturated heterocycles. The van der Waals surface area contributed by atoms with Crippen molar-refractivity contribution in [3.8, 4) is 22.4 Å². The molecule has 0 radical (unpaired) electrons. The SMILES string of the molecule is Cc1c(-c2ccc(C(N)=O)c3[nH]c(-c4cnn(C)c4)cc23)cccc1N(C(=O)c1nccs1)C1COC1. The molecule has 0 bridgehead atoms. The summed E-state index contributed by atoms with van der Waals surface area (Å²) in [6.45, 7) is 2.96. The third-order valence-corrected chi connectivity index (χ3v) is 7.51. The standard InChI is InChI=1S/C27H24N6O3S/c1-15-18(4-3-5-23(15)33(17-13-36-14-17)27(35)26-29-8-9-37-26)19-6-7-20(25(28)34)24-21(19)10-22(31-24)16-11-30-32(2)12-16/h3-12,17,31H,13-14H2,1-2H3,(H2,28,34). The van der Waals surface area contributed by atoms with Crippen molar-refractivity contribution in [2.75, 3.05) is 18.1 Å². The van der Waals surface area contributed by atoms with Crippen LogP contribution in [0.3, 0.4) is 0 Å². The minimum absolute atomic E-state index is 0.0629. The Balaban J connectivity index is 1.52. The van der Waals surface area contributed by atoms with E-state index < -0.39 is 5.91 Å². The van der Waals surface area contributed by atoms with E-state index in [-0.39, 0.29) is 11.9 Å². The molecule has 1 fully saturated rings. The van der Waals surface area contributed by atoms with Crippen molar-refractivity contribution in [2.45, 2.75) is 13.0 Å². The monoisotopic (exact) mass is 512 g/mol. The summed E-state index contributed by atoms with van der Waals surface area (Å²) in [7, 11) is 1.85. The molecule has 0 unspecified atom stereocenters. The number of benzene rings is 2. The number of thiazole rings is 1. The van der Waals surface area contributed by atoms with E-state index in [4.69, 9.17) is 10.5 Å². The van der Waals surface area contributed by atoms with Gasteiger partial charge in [-0.3, -0.25) is 19.2 Å². The molecular weight excluding hydrogens is 488 g/mol. The number of rotatable bonds is 6. The van der Waals surface area contributed by atoms with Crippen LogP contribution in [0.2, 0.25) is 0 Å². The molecule has 5 aromatic rings. The molecule has 2 aromatic carbocycles. The number of ether oxygens (including phenoxy) is 1. The van der Waals surface area contributed by atoms with Crippen LogP contribution in [0.15, 0.2) is 60.4 Å². The van der Waals surface area contributed by atoms with Gasteiger partial charge in [-0.1, -0.05) is 18.2 Å². The Morgan fingerprint density at radius 3 is 2.70 bits per heavy atom. The van der Waals surface area contributed by atoms with Gasteiger partial charge in [0.1, 0.15) is 0 Å². The zero-order valence-electron chi connectivity index (χ0n) is 20.3. The number of aryl methyl sites for hydroxylation is 1. The van der Waals surface area contributed by atoms with Crippen molar-refractivity contribution in [1.29, 1.82) is 0 Å². The van der Waals surface area contributed by atoms with Gasteiger partial charge in [0.2, 0.25) is 0 Å². The molecule has 3 N–H and O–H groups in total. The van der Waals surface area contributed by atoms with E-state index in [1.165, 1.54) is 11.3 Å². The molecular formula is C27H24N6O3S. The highest BCUT2D eigenvalue weighted by Gasteiger charge is 2.34. The second-order valence-corrected chi connectivity index (χ2v) is 9.95. The predicted octanol–water partition coefficient (Wildman–Crippen LogP) is 4.14. The number of primary amides is 1. The first-order valence-electron chi connectivity index (χ1n) is 11.8. The van der Waals surface area contributed by atoms with Gasteiger partial charge >= 0.3 is 0 Å². The van der Waals surface area contributed by atoms with E-state index in [0.717, 1.165) is 39.0 Å². The van der Waals surface area contributed by atoms with Crippen molar-refractivity contribution in [2.24, 2.45) is 12.8 Å². The Morgan fingerprint density at radius 1 is 1.22 bits per heavy atom. The summed E-state index contributed by atoms with van der Waals surface area (Å²) < 4.78 is 7.16. The number of aromatic amines is 1. The lowest BCUT2D eigenvalue weighted by atomic mass is 9.94. The minimum Gasteiger partial charge on any atom is -0.377 e. The van der Waals surface area contributed by atoms with Crippen LogP contribution in [0.25, 0.3) is 33.3 Å². The Bertz CT molecular complexity index is 1650.